The summed E-state index contributed by atoms with van der Waals surface area (Å²) in [6.07, 6.45) is 0. The molecule has 0 bridgehead atoms. The number of benzene rings is 3. The van der Waals surface area contributed by atoms with Crippen LogP contribution in [0.1, 0.15) is 10.4 Å². The van der Waals surface area contributed by atoms with Gasteiger partial charge in [0.05, 0.1) is 5.75 Å². The summed E-state index contributed by atoms with van der Waals surface area (Å²) in [4.78, 5) is 29.0. The lowest BCUT2D eigenvalue weighted by atomic mass is 10.1. The molecule has 0 atom stereocenters. The Morgan fingerprint density at radius 2 is 1.61 bits per heavy atom. The van der Waals surface area contributed by atoms with E-state index in [-0.39, 0.29) is 23.4 Å². The third-order valence-electron chi connectivity index (χ3n) is 6.00. The summed E-state index contributed by atoms with van der Waals surface area (Å²) in [6, 6.07) is 20.2. The molecule has 1 fully saturated rings. The van der Waals surface area contributed by atoms with Gasteiger partial charge in [-0.1, -0.05) is 23.4 Å². The van der Waals surface area contributed by atoms with Crippen molar-refractivity contribution in [2.45, 2.75) is 5.22 Å². The van der Waals surface area contributed by atoms with E-state index in [4.69, 9.17) is 16.0 Å². The molecule has 1 aliphatic heterocycles. The number of carbonyl (C=O) groups excluding carboxylic acids is 2. The molecule has 1 aromatic heterocycles. The molecular weight excluding hydrogens is 529 g/mol. The molecule has 2 heterocycles. The molecule has 0 aliphatic carbocycles. The van der Waals surface area contributed by atoms with Gasteiger partial charge >= 0.3 is 0 Å². The van der Waals surface area contributed by atoms with Gasteiger partial charge in [-0.05, 0) is 72.8 Å². The highest BCUT2D eigenvalue weighted by Crippen LogP contribution is 2.25. The molecule has 1 saturated heterocycles. The Morgan fingerprint density at radius 3 is 2.29 bits per heavy atom. The summed E-state index contributed by atoms with van der Waals surface area (Å²) in [5.74, 6) is -0.168. The van der Waals surface area contributed by atoms with Crippen molar-refractivity contribution in [1.82, 2.24) is 15.1 Å². The number of halogens is 2. The molecule has 4 aromatic rings. The molecule has 1 aliphatic rings. The molecule has 0 unspecified atom stereocenters. The van der Waals surface area contributed by atoms with Gasteiger partial charge in [-0.15, -0.1) is 10.2 Å². The summed E-state index contributed by atoms with van der Waals surface area (Å²) >= 11 is 7.06. The van der Waals surface area contributed by atoms with Gasteiger partial charge in [0.1, 0.15) is 5.82 Å². The number of hydrogen-bond donors (Lipinski definition) is 1. The maximum absolute atomic E-state index is 13.1. The smallest absolute Gasteiger partial charge is 0.277 e. The zero-order valence-electron chi connectivity index (χ0n) is 20.1. The Bertz CT molecular complexity index is 1410. The van der Waals surface area contributed by atoms with Crippen LogP contribution in [0.25, 0.3) is 11.5 Å². The van der Waals surface area contributed by atoms with Crippen molar-refractivity contribution in [3.63, 3.8) is 0 Å². The quantitative estimate of drug-likeness (QED) is 0.315. The fourth-order valence-corrected chi connectivity index (χ4v) is 4.69. The van der Waals surface area contributed by atoms with E-state index >= 15 is 0 Å². The zero-order valence-corrected chi connectivity index (χ0v) is 21.7. The van der Waals surface area contributed by atoms with E-state index in [1.54, 1.807) is 29.2 Å². The van der Waals surface area contributed by atoms with Gasteiger partial charge in [-0.25, -0.2) is 4.39 Å². The van der Waals surface area contributed by atoms with E-state index in [9.17, 15) is 14.0 Å². The van der Waals surface area contributed by atoms with Crippen LogP contribution < -0.4 is 10.2 Å². The van der Waals surface area contributed by atoms with Crippen LogP contribution in [0.5, 0.6) is 0 Å². The topological polar surface area (TPSA) is 91.6 Å². The molecule has 8 nitrogen and oxygen atoms in total. The van der Waals surface area contributed by atoms with E-state index in [1.807, 2.05) is 24.3 Å². The number of piperazine rings is 1. The SMILES string of the molecule is O=C(CSc1nnc(-c2ccc(Cl)cc2)o1)Nc1ccc(N2CCN(C(=O)c3ccc(F)cc3)CC2)cc1. The van der Waals surface area contributed by atoms with Gasteiger partial charge in [-0.3, -0.25) is 9.59 Å². The summed E-state index contributed by atoms with van der Waals surface area (Å²) < 4.78 is 18.8. The summed E-state index contributed by atoms with van der Waals surface area (Å²) in [7, 11) is 0. The number of carbonyl (C=O) groups is 2. The second-order valence-corrected chi connectivity index (χ2v) is 9.91. The third kappa shape index (κ3) is 6.32. The van der Waals surface area contributed by atoms with E-state index in [0.29, 0.717) is 53.6 Å². The van der Waals surface area contributed by atoms with Crippen LogP contribution in [-0.2, 0) is 4.79 Å². The van der Waals surface area contributed by atoms with Gasteiger partial charge < -0.3 is 19.5 Å². The number of thioether (sulfide) groups is 1. The van der Waals surface area contributed by atoms with Crippen LogP contribution in [0.15, 0.2) is 82.4 Å². The minimum absolute atomic E-state index is 0.0951. The van der Waals surface area contributed by atoms with Crippen LogP contribution in [0, 0.1) is 5.82 Å². The van der Waals surface area contributed by atoms with Crippen LogP contribution in [0.3, 0.4) is 0 Å². The fraction of sp³-hybridized carbons (Fsp3) is 0.185. The first-order valence-electron chi connectivity index (χ1n) is 11.9. The van der Waals surface area contributed by atoms with Crippen molar-refractivity contribution in [2.24, 2.45) is 0 Å². The van der Waals surface area contributed by atoms with Crippen molar-refractivity contribution >= 4 is 46.6 Å². The molecular formula is C27H23ClFN5O3S. The number of nitrogens with zero attached hydrogens (tertiary/aromatic N) is 4. The highest BCUT2D eigenvalue weighted by Gasteiger charge is 2.22. The van der Waals surface area contributed by atoms with Gasteiger partial charge in [-0.2, -0.15) is 0 Å². The van der Waals surface area contributed by atoms with Crippen molar-refractivity contribution in [3.8, 4) is 11.5 Å². The predicted octanol–water partition coefficient (Wildman–Crippen LogP) is 5.22. The minimum atomic E-state index is -0.361. The molecule has 0 radical (unpaired) electrons. The summed E-state index contributed by atoms with van der Waals surface area (Å²) in [5, 5.41) is 11.8. The summed E-state index contributed by atoms with van der Waals surface area (Å²) in [6.45, 7) is 2.50. The van der Waals surface area contributed by atoms with Gasteiger partial charge in [0.25, 0.3) is 11.1 Å². The first-order valence-corrected chi connectivity index (χ1v) is 13.2. The molecule has 5 rings (SSSR count). The first-order chi connectivity index (χ1) is 18.4. The highest BCUT2D eigenvalue weighted by molar-refractivity contribution is 7.99. The molecule has 38 heavy (non-hydrogen) atoms. The molecule has 2 amide bonds. The lowest BCUT2D eigenvalue weighted by Crippen LogP contribution is -2.48. The van der Waals surface area contributed by atoms with Crippen LogP contribution in [-0.4, -0.2) is 58.8 Å². The van der Waals surface area contributed by atoms with Crippen molar-refractivity contribution < 1.29 is 18.4 Å². The Hall–Kier alpha value is -3.89. The maximum atomic E-state index is 13.1. The lowest BCUT2D eigenvalue weighted by Gasteiger charge is -2.36. The average molecular weight is 552 g/mol. The number of anilines is 2. The Labute approximate surface area is 227 Å². The van der Waals surface area contributed by atoms with Gasteiger partial charge in [0, 0.05) is 53.7 Å². The van der Waals surface area contributed by atoms with Crippen LogP contribution in [0.4, 0.5) is 15.8 Å². The number of rotatable bonds is 7. The number of amides is 2. The molecule has 0 spiro atoms. The zero-order chi connectivity index (χ0) is 26.5. The predicted molar refractivity (Wildman–Crippen MR) is 145 cm³/mol. The molecule has 0 saturated carbocycles. The van der Waals surface area contributed by atoms with E-state index in [2.05, 4.69) is 20.4 Å². The third-order valence-corrected chi connectivity index (χ3v) is 7.07. The standard InChI is InChI=1S/C27H23ClFN5O3S/c28-20-5-1-18(2-6-20)25-31-32-27(37-25)38-17-24(35)30-22-9-11-23(12-10-22)33-13-15-34(16-14-33)26(36)19-3-7-21(29)8-4-19/h1-12H,13-17H2,(H,30,35). The van der Waals surface area contributed by atoms with E-state index in [1.165, 1.54) is 24.3 Å². The van der Waals surface area contributed by atoms with Crippen molar-refractivity contribution in [1.29, 1.82) is 0 Å². The Kier molecular flexibility index (Phi) is 7.90. The fourth-order valence-electron chi connectivity index (χ4n) is 4.00. The molecule has 194 valence electrons. The average Bonchev–Trinajstić information content (AvgIpc) is 3.42. The van der Waals surface area contributed by atoms with Crippen molar-refractivity contribution in [3.05, 3.63) is 89.2 Å². The molecule has 1 N–H and O–H groups in total. The minimum Gasteiger partial charge on any atom is -0.411 e. The molecule has 3 aromatic carbocycles. The maximum Gasteiger partial charge on any atom is 0.277 e. The number of aromatic nitrogens is 2. The van der Waals surface area contributed by atoms with E-state index < -0.39 is 0 Å². The van der Waals surface area contributed by atoms with Crippen LogP contribution >= 0.6 is 23.4 Å². The first kappa shape index (κ1) is 25.7. The molecule has 11 heteroatoms. The Morgan fingerprint density at radius 1 is 0.921 bits per heavy atom. The lowest BCUT2D eigenvalue weighted by molar-refractivity contribution is -0.113. The second kappa shape index (κ2) is 11.7. The normalized spacial score (nSPS) is 13.4. The second-order valence-electron chi connectivity index (χ2n) is 8.55. The van der Waals surface area contributed by atoms with Crippen molar-refractivity contribution in [2.75, 3.05) is 42.1 Å². The monoisotopic (exact) mass is 551 g/mol. The number of nitrogens with one attached hydrogen (secondary N) is 1. The largest absolute Gasteiger partial charge is 0.411 e. The van der Waals surface area contributed by atoms with Gasteiger partial charge in [0.2, 0.25) is 11.8 Å². The van der Waals surface area contributed by atoms with E-state index in [0.717, 1.165) is 23.0 Å². The Balaban J connectivity index is 1.08. The highest BCUT2D eigenvalue weighted by atomic mass is 35.5. The summed E-state index contributed by atoms with van der Waals surface area (Å²) in [5.41, 5.74) is 2.92. The van der Waals surface area contributed by atoms with Gasteiger partial charge in [0.15, 0.2) is 0 Å². The number of hydrogen-bond acceptors (Lipinski definition) is 7. The van der Waals surface area contributed by atoms with Crippen LogP contribution in [0.2, 0.25) is 5.02 Å².